The van der Waals surface area contributed by atoms with E-state index in [2.05, 4.69) is 62.7 Å². The Morgan fingerprint density at radius 3 is 2.45 bits per heavy atom. The van der Waals surface area contributed by atoms with Gasteiger partial charge in [0, 0.05) is 37.0 Å². The lowest BCUT2D eigenvalue weighted by Crippen LogP contribution is -2.44. The third kappa shape index (κ3) is 4.80. The van der Waals surface area contributed by atoms with Gasteiger partial charge in [-0.3, -0.25) is 9.89 Å². The third-order valence-electron chi connectivity index (χ3n) is 5.72. The zero-order valence-electron chi connectivity index (χ0n) is 18.8. The summed E-state index contributed by atoms with van der Waals surface area (Å²) < 4.78 is 0. The summed E-state index contributed by atoms with van der Waals surface area (Å²) in [7, 11) is 2.14. The molecule has 0 atom stereocenters. The number of carbonyl (C=O) groups is 1. The molecule has 3 aromatic rings. The summed E-state index contributed by atoms with van der Waals surface area (Å²) in [6, 6.07) is 14.3. The van der Waals surface area contributed by atoms with E-state index in [9.17, 15) is 4.79 Å². The number of benzene rings is 2. The molecule has 1 aliphatic heterocycles. The molecule has 1 amide bonds. The second kappa shape index (κ2) is 8.55. The number of carbonyl (C=O) groups excluding carboxylic acids is 1. The Hall–Kier alpha value is -3.12. The molecule has 0 saturated carbocycles. The van der Waals surface area contributed by atoms with E-state index in [0.29, 0.717) is 0 Å². The van der Waals surface area contributed by atoms with Gasteiger partial charge in [0.1, 0.15) is 0 Å². The van der Waals surface area contributed by atoms with Crippen LogP contribution in [0, 0.1) is 5.41 Å². The maximum Gasteiger partial charge on any atom is 0.229 e. The highest BCUT2D eigenvalue weighted by Gasteiger charge is 2.25. The molecule has 4 rings (SSSR count). The lowest BCUT2D eigenvalue weighted by molar-refractivity contribution is -0.123. The Labute approximate surface area is 183 Å². The Kier molecular flexibility index (Phi) is 5.83. The molecule has 1 aromatic heterocycles. The fourth-order valence-electron chi connectivity index (χ4n) is 3.66. The van der Waals surface area contributed by atoms with Crippen molar-refractivity contribution >= 4 is 40.3 Å². The summed E-state index contributed by atoms with van der Waals surface area (Å²) >= 11 is 0. The maximum absolute atomic E-state index is 12.8. The molecule has 31 heavy (non-hydrogen) atoms. The summed E-state index contributed by atoms with van der Waals surface area (Å²) in [5, 5.41) is 11.9. The van der Waals surface area contributed by atoms with E-state index in [0.717, 1.165) is 59.7 Å². The van der Waals surface area contributed by atoms with Crippen LogP contribution in [0.15, 0.2) is 42.5 Å². The van der Waals surface area contributed by atoms with E-state index in [-0.39, 0.29) is 5.91 Å². The van der Waals surface area contributed by atoms with E-state index in [1.165, 1.54) is 0 Å². The zero-order valence-corrected chi connectivity index (χ0v) is 18.8. The minimum atomic E-state index is -0.471. The van der Waals surface area contributed by atoms with E-state index in [4.69, 9.17) is 0 Å². The minimum Gasteiger partial charge on any atom is -0.367 e. The van der Waals surface area contributed by atoms with Gasteiger partial charge in [-0.2, -0.15) is 5.10 Å². The number of anilines is 2. The molecule has 0 aliphatic carbocycles. The first-order valence-corrected chi connectivity index (χ1v) is 10.8. The summed E-state index contributed by atoms with van der Waals surface area (Å²) in [6.07, 6.45) is 4.07. The molecule has 2 aromatic carbocycles. The number of aromatic amines is 1. The lowest BCUT2D eigenvalue weighted by atomic mass is 9.95. The lowest BCUT2D eigenvalue weighted by Gasteiger charge is -2.35. The van der Waals surface area contributed by atoms with Crippen LogP contribution in [0.25, 0.3) is 23.1 Å². The van der Waals surface area contributed by atoms with Crippen LogP contribution in [0.3, 0.4) is 0 Å². The highest BCUT2D eigenvalue weighted by molar-refractivity contribution is 6.02. The summed E-state index contributed by atoms with van der Waals surface area (Å²) in [6.45, 7) is 9.65. The van der Waals surface area contributed by atoms with Crippen LogP contribution in [0.5, 0.6) is 0 Å². The molecule has 1 fully saturated rings. The molecule has 0 unspecified atom stereocenters. The molecule has 0 bridgehead atoms. The number of fused-ring (bicyclic) bond motifs is 1. The van der Waals surface area contributed by atoms with Crippen molar-refractivity contribution in [3.8, 4) is 0 Å². The van der Waals surface area contributed by atoms with Crippen LogP contribution >= 0.6 is 0 Å². The van der Waals surface area contributed by atoms with Crippen molar-refractivity contribution < 1.29 is 4.79 Å². The zero-order chi connectivity index (χ0) is 22.0. The van der Waals surface area contributed by atoms with Crippen molar-refractivity contribution in [1.82, 2.24) is 15.1 Å². The SMILES string of the molecule is CN1CCN(c2cc3[nH]nc(C=Cc4ccccc4)c3cc2NC(=O)C(C)(C)C)CC1. The van der Waals surface area contributed by atoms with Gasteiger partial charge in [-0.15, -0.1) is 0 Å². The molecule has 0 radical (unpaired) electrons. The van der Waals surface area contributed by atoms with Gasteiger partial charge in [0.25, 0.3) is 0 Å². The number of H-pyrrole nitrogens is 1. The topological polar surface area (TPSA) is 64.3 Å². The Bertz CT molecular complexity index is 1090. The average molecular weight is 418 g/mol. The normalized spacial score (nSPS) is 15.7. The predicted molar refractivity (Wildman–Crippen MR) is 129 cm³/mol. The van der Waals surface area contributed by atoms with Crippen LogP contribution < -0.4 is 10.2 Å². The second-order valence-corrected chi connectivity index (χ2v) is 9.26. The van der Waals surface area contributed by atoms with Crippen LogP contribution in [0.4, 0.5) is 11.4 Å². The predicted octanol–water partition coefficient (Wildman–Crippen LogP) is 4.47. The van der Waals surface area contributed by atoms with Gasteiger partial charge >= 0.3 is 0 Å². The number of aromatic nitrogens is 2. The first-order chi connectivity index (χ1) is 14.8. The average Bonchev–Trinajstić information content (AvgIpc) is 3.14. The molecule has 2 N–H and O–H groups in total. The molecule has 1 aliphatic rings. The van der Waals surface area contributed by atoms with Crippen molar-refractivity contribution in [2.45, 2.75) is 20.8 Å². The Morgan fingerprint density at radius 2 is 1.77 bits per heavy atom. The number of nitrogens with zero attached hydrogens (tertiary/aromatic N) is 3. The van der Waals surface area contributed by atoms with Crippen LogP contribution in [0.1, 0.15) is 32.0 Å². The third-order valence-corrected chi connectivity index (χ3v) is 5.72. The van der Waals surface area contributed by atoms with Gasteiger partial charge in [0.2, 0.25) is 5.91 Å². The van der Waals surface area contributed by atoms with Crippen molar-refractivity contribution in [2.75, 3.05) is 43.4 Å². The highest BCUT2D eigenvalue weighted by Crippen LogP contribution is 2.34. The first kappa shape index (κ1) is 21.1. The standard InChI is InChI=1S/C25H31N5O/c1-25(2,3)24(31)26-22-16-19-20(11-10-18-8-6-5-7-9-18)27-28-21(19)17-23(22)30-14-12-29(4)13-15-30/h5-11,16-17H,12-15H2,1-4H3,(H,26,31)(H,27,28). The van der Waals surface area contributed by atoms with Gasteiger partial charge in [-0.1, -0.05) is 57.2 Å². The van der Waals surface area contributed by atoms with Gasteiger partial charge in [0.05, 0.1) is 22.6 Å². The van der Waals surface area contributed by atoms with Crippen molar-refractivity contribution in [3.63, 3.8) is 0 Å². The van der Waals surface area contributed by atoms with Crippen molar-refractivity contribution in [2.24, 2.45) is 5.41 Å². The molecule has 2 heterocycles. The molecular weight excluding hydrogens is 386 g/mol. The number of rotatable bonds is 4. The van der Waals surface area contributed by atoms with Crippen LogP contribution in [-0.2, 0) is 4.79 Å². The smallest absolute Gasteiger partial charge is 0.229 e. The van der Waals surface area contributed by atoms with E-state index in [1.807, 2.05) is 45.0 Å². The monoisotopic (exact) mass is 417 g/mol. The van der Waals surface area contributed by atoms with Gasteiger partial charge in [-0.05, 0) is 30.8 Å². The molecule has 6 heteroatoms. The summed E-state index contributed by atoms with van der Waals surface area (Å²) in [5.41, 5.74) is 4.36. The number of amides is 1. The Balaban J connectivity index is 1.73. The fourth-order valence-corrected chi connectivity index (χ4v) is 3.66. The van der Waals surface area contributed by atoms with Crippen molar-refractivity contribution in [3.05, 3.63) is 53.7 Å². The van der Waals surface area contributed by atoms with E-state index >= 15 is 0 Å². The second-order valence-electron chi connectivity index (χ2n) is 9.26. The van der Waals surface area contributed by atoms with Crippen LogP contribution in [0.2, 0.25) is 0 Å². The van der Waals surface area contributed by atoms with Gasteiger partial charge in [-0.25, -0.2) is 0 Å². The Morgan fingerprint density at radius 1 is 1.06 bits per heavy atom. The summed E-state index contributed by atoms with van der Waals surface area (Å²) in [5.74, 6) is 0.00657. The number of hydrogen-bond acceptors (Lipinski definition) is 4. The van der Waals surface area contributed by atoms with E-state index in [1.54, 1.807) is 0 Å². The molecule has 1 saturated heterocycles. The van der Waals surface area contributed by atoms with E-state index < -0.39 is 5.41 Å². The maximum atomic E-state index is 12.8. The molecule has 162 valence electrons. The molecular formula is C25H31N5O. The van der Waals surface area contributed by atoms with Gasteiger partial charge in [0.15, 0.2) is 0 Å². The summed E-state index contributed by atoms with van der Waals surface area (Å²) in [4.78, 5) is 17.5. The van der Waals surface area contributed by atoms with Gasteiger partial charge < -0.3 is 15.1 Å². The quantitative estimate of drug-likeness (QED) is 0.657. The van der Waals surface area contributed by atoms with Crippen LogP contribution in [-0.4, -0.2) is 54.2 Å². The molecule has 0 spiro atoms. The first-order valence-electron chi connectivity index (χ1n) is 10.8. The minimum absolute atomic E-state index is 0.00657. The number of hydrogen-bond donors (Lipinski definition) is 2. The largest absolute Gasteiger partial charge is 0.367 e. The number of piperazine rings is 1. The number of likely N-dealkylation sites (N-methyl/N-ethyl adjacent to an activating group) is 1. The number of nitrogens with one attached hydrogen (secondary N) is 2. The molecule has 6 nitrogen and oxygen atoms in total. The van der Waals surface area contributed by atoms with Crippen molar-refractivity contribution in [1.29, 1.82) is 0 Å². The highest BCUT2D eigenvalue weighted by atomic mass is 16.2. The fraction of sp³-hybridized carbons (Fsp3) is 0.360.